The summed E-state index contributed by atoms with van der Waals surface area (Å²) >= 11 is 9.39. The molecule has 7 heteroatoms. The zero-order valence-electron chi connectivity index (χ0n) is 16.3. The molecule has 0 bridgehead atoms. The summed E-state index contributed by atoms with van der Waals surface area (Å²) in [6.45, 7) is 5.50. The van der Waals surface area contributed by atoms with Gasteiger partial charge in [-0.25, -0.2) is 4.79 Å². The van der Waals surface area contributed by atoms with Crippen molar-refractivity contribution in [2.75, 3.05) is 11.9 Å². The lowest BCUT2D eigenvalue weighted by Crippen LogP contribution is -2.21. The van der Waals surface area contributed by atoms with Crippen molar-refractivity contribution in [2.24, 2.45) is 0 Å². The lowest BCUT2D eigenvalue weighted by Gasteiger charge is -2.11. The number of nitrogens with zero attached hydrogens (tertiary/aromatic N) is 1. The molecule has 0 atom stereocenters. The third-order valence-electron chi connectivity index (χ3n) is 4.51. The number of nitrogens with one attached hydrogen (secondary N) is 1. The average Bonchev–Trinajstić information content (AvgIpc) is 3.02. The van der Waals surface area contributed by atoms with E-state index in [0.717, 1.165) is 27.1 Å². The minimum absolute atomic E-state index is 0.381. The molecule has 0 saturated heterocycles. The van der Waals surface area contributed by atoms with Crippen LogP contribution in [0.2, 0.25) is 5.02 Å². The Hall–Kier alpha value is -2.57. The number of ether oxygens (including phenoxy) is 1. The number of amides is 1. The molecule has 0 aliphatic carbocycles. The number of hydrogen-bond donors (Lipinski definition) is 1. The minimum atomic E-state index is -0.557. The Morgan fingerprint density at radius 2 is 1.66 bits per heavy atom. The fourth-order valence-electron chi connectivity index (χ4n) is 3.00. The minimum Gasteiger partial charge on any atom is -0.452 e. The highest BCUT2D eigenvalue weighted by atomic mass is 79.9. The number of rotatable bonds is 5. The first-order valence-electron chi connectivity index (χ1n) is 8.94. The molecule has 1 N–H and O–H groups in total. The summed E-state index contributed by atoms with van der Waals surface area (Å²) in [4.78, 5) is 24.4. The predicted molar refractivity (Wildman–Crippen MR) is 118 cm³/mol. The summed E-state index contributed by atoms with van der Waals surface area (Å²) in [5.74, 6) is -0.992. The summed E-state index contributed by atoms with van der Waals surface area (Å²) < 4.78 is 7.97. The number of hydrogen-bond acceptors (Lipinski definition) is 3. The average molecular weight is 476 g/mol. The van der Waals surface area contributed by atoms with E-state index in [1.54, 1.807) is 24.3 Å². The first-order chi connectivity index (χ1) is 13.8. The molecule has 3 rings (SSSR count). The van der Waals surface area contributed by atoms with E-state index in [9.17, 15) is 9.59 Å². The Bertz CT molecular complexity index is 1050. The van der Waals surface area contributed by atoms with Crippen LogP contribution in [0, 0.1) is 20.8 Å². The highest BCUT2D eigenvalue weighted by Crippen LogP contribution is 2.29. The molecule has 2 aromatic carbocycles. The van der Waals surface area contributed by atoms with Crippen LogP contribution in [0.5, 0.6) is 0 Å². The fraction of sp³-hybridized carbons (Fsp3) is 0.182. The number of carbonyl (C=O) groups excluding carboxylic acids is 2. The van der Waals surface area contributed by atoms with E-state index in [4.69, 9.17) is 16.3 Å². The molecule has 0 saturated carbocycles. The highest BCUT2D eigenvalue weighted by Gasteiger charge is 2.13. The maximum Gasteiger partial charge on any atom is 0.338 e. The lowest BCUT2D eigenvalue weighted by molar-refractivity contribution is -0.119. The number of esters is 1. The molecule has 0 spiro atoms. The number of anilines is 1. The van der Waals surface area contributed by atoms with Crippen LogP contribution in [0.15, 0.2) is 53.0 Å². The second kappa shape index (κ2) is 8.84. The molecule has 1 amide bonds. The quantitative estimate of drug-likeness (QED) is 0.488. The smallest absolute Gasteiger partial charge is 0.338 e. The van der Waals surface area contributed by atoms with Gasteiger partial charge in [-0.3, -0.25) is 4.79 Å². The van der Waals surface area contributed by atoms with Crippen molar-refractivity contribution in [1.29, 1.82) is 0 Å². The number of aromatic nitrogens is 1. The number of aryl methyl sites for hydroxylation is 3. The van der Waals surface area contributed by atoms with Crippen molar-refractivity contribution in [3.8, 4) is 5.69 Å². The summed E-state index contributed by atoms with van der Waals surface area (Å²) in [6, 6.07) is 14.6. The van der Waals surface area contributed by atoms with Gasteiger partial charge in [0.1, 0.15) is 0 Å². The van der Waals surface area contributed by atoms with Crippen LogP contribution in [-0.4, -0.2) is 23.1 Å². The Labute approximate surface area is 182 Å². The van der Waals surface area contributed by atoms with E-state index >= 15 is 0 Å². The first kappa shape index (κ1) is 21.1. The maximum absolute atomic E-state index is 12.3. The molecule has 0 aliphatic rings. The van der Waals surface area contributed by atoms with Gasteiger partial charge < -0.3 is 14.6 Å². The Kier molecular flexibility index (Phi) is 6.45. The predicted octanol–water partition coefficient (Wildman–Crippen LogP) is 5.61. The largest absolute Gasteiger partial charge is 0.452 e. The Morgan fingerprint density at radius 3 is 2.28 bits per heavy atom. The molecular weight excluding hydrogens is 456 g/mol. The first-order valence-corrected chi connectivity index (χ1v) is 10.1. The van der Waals surface area contributed by atoms with Gasteiger partial charge >= 0.3 is 5.97 Å². The molecule has 29 heavy (non-hydrogen) atoms. The molecule has 0 aliphatic heterocycles. The van der Waals surface area contributed by atoms with Crippen molar-refractivity contribution >= 4 is 45.1 Å². The van der Waals surface area contributed by atoms with E-state index in [2.05, 4.69) is 25.8 Å². The molecule has 0 unspecified atom stereocenters. The molecule has 1 aromatic heterocycles. The zero-order chi connectivity index (χ0) is 21.1. The van der Waals surface area contributed by atoms with Crippen LogP contribution >= 0.6 is 27.5 Å². The molecule has 1 heterocycles. The van der Waals surface area contributed by atoms with Crippen LogP contribution in [-0.2, 0) is 9.53 Å². The molecule has 3 aromatic rings. The van der Waals surface area contributed by atoms with E-state index in [1.165, 1.54) is 0 Å². The lowest BCUT2D eigenvalue weighted by atomic mass is 10.2. The standard InChI is InChI=1S/C22H20BrClN2O3/c1-13-10-18(23)19(24)11-20(13)25-21(27)12-29-22(28)16-6-8-17(9-7-16)26-14(2)4-5-15(26)3/h4-11H,12H2,1-3H3,(H,25,27). The van der Waals surface area contributed by atoms with Crippen molar-refractivity contribution in [3.05, 3.63) is 80.5 Å². The molecule has 150 valence electrons. The van der Waals surface area contributed by atoms with Crippen LogP contribution in [0.4, 0.5) is 5.69 Å². The van der Waals surface area contributed by atoms with Crippen molar-refractivity contribution in [1.82, 2.24) is 4.57 Å². The van der Waals surface area contributed by atoms with E-state index in [-0.39, 0.29) is 6.61 Å². The normalized spacial score (nSPS) is 10.7. The van der Waals surface area contributed by atoms with Gasteiger partial charge in [0.05, 0.1) is 10.6 Å². The van der Waals surface area contributed by atoms with Gasteiger partial charge in [-0.1, -0.05) is 11.6 Å². The molecular formula is C22H20BrClN2O3. The Morgan fingerprint density at radius 1 is 1.03 bits per heavy atom. The van der Waals surface area contributed by atoms with Gasteiger partial charge in [0.25, 0.3) is 5.91 Å². The summed E-state index contributed by atoms with van der Waals surface area (Å²) in [5.41, 5.74) is 4.97. The van der Waals surface area contributed by atoms with Gasteiger partial charge in [-0.05, 0) is 90.8 Å². The van der Waals surface area contributed by atoms with E-state index < -0.39 is 11.9 Å². The third kappa shape index (κ3) is 4.89. The van der Waals surface area contributed by atoms with E-state index in [0.29, 0.717) is 16.3 Å². The number of halogens is 2. The second-order valence-electron chi connectivity index (χ2n) is 6.70. The zero-order valence-corrected chi connectivity index (χ0v) is 18.6. The summed E-state index contributed by atoms with van der Waals surface area (Å²) in [6.07, 6.45) is 0. The van der Waals surface area contributed by atoms with Crippen molar-refractivity contribution in [2.45, 2.75) is 20.8 Å². The third-order valence-corrected chi connectivity index (χ3v) is 5.71. The van der Waals surface area contributed by atoms with Gasteiger partial charge in [0.15, 0.2) is 6.61 Å². The van der Waals surface area contributed by atoms with Crippen molar-refractivity contribution < 1.29 is 14.3 Å². The van der Waals surface area contributed by atoms with Gasteiger partial charge in [0, 0.05) is 27.2 Å². The van der Waals surface area contributed by atoms with Crippen LogP contribution in [0.25, 0.3) is 5.69 Å². The van der Waals surface area contributed by atoms with Gasteiger partial charge in [0.2, 0.25) is 0 Å². The SMILES string of the molecule is Cc1cc(Br)c(Cl)cc1NC(=O)COC(=O)c1ccc(-n2c(C)ccc2C)cc1. The van der Waals surface area contributed by atoms with Gasteiger partial charge in [-0.2, -0.15) is 0 Å². The molecule has 0 radical (unpaired) electrons. The van der Waals surface area contributed by atoms with Crippen LogP contribution < -0.4 is 5.32 Å². The second-order valence-corrected chi connectivity index (χ2v) is 7.97. The molecule has 5 nitrogen and oxygen atoms in total. The monoisotopic (exact) mass is 474 g/mol. The number of carbonyl (C=O) groups is 2. The summed E-state index contributed by atoms with van der Waals surface area (Å²) in [7, 11) is 0. The molecule has 0 fully saturated rings. The topological polar surface area (TPSA) is 60.3 Å². The van der Waals surface area contributed by atoms with E-state index in [1.807, 2.05) is 45.0 Å². The highest BCUT2D eigenvalue weighted by molar-refractivity contribution is 9.10. The van der Waals surface area contributed by atoms with Crippen molar-refractivity contribution in [3.63, 3.8) is 0 Å². The maximum atomic E-state index is 12.3. The Balaban J connectivity index is 1.61. The van der Waals surface area contributed by atoms with Crippen LogP contribution in [0.3, 0.4) is 0 Å². The number of benzene rings is 2. The fourth-order valence-corrected chi connectivity index (χ4v) is 3.63. The van der Waals surface area contributed by atoms with Crippen LogP contribution in [0.1, 0.15) is 27.3 Å². The van der Waals surface area contributed by atoms with Gasteiger partial charge in [-0.15, -0.1) is 0 Å². The summed E-state index contributed by atoms with van der Waals surface area (Å²) in [5, 5.41) is 3.18.